The maximum absolute atomic E-state index is 10.9. The molecule has 1 unspecified atom stereocenters. The van der Waals surface area contributed by atoms with E-state index in [0.29, 0.717) is 5.57 Å². The fourth-order valence-electron chi connectivity index (χ4n) is 0.815. The average molecular weight is 232 g/mol. The summed E-state index contributed by atoms with van der Waals surface area (Å²) < 4.78 is 4.41. The van der Waals surface area contributed by atoms with Crippen molar-refractivity contribution >= 4 is 21.7 Å². The number of alkyl halides is 1. The molecule has 0 saturated heterocycles. The Bertz CT molecular complexity index is 260. The monoisotopic (exact) mass is 231 g/mol. The first-order valence-corrected chi connectivity index (χ1v) is 4.29. The first kappa shape index (κ1) is 9.48. The lowest BCUT2D eigenvalue weighted by Gasteiger charge is -2.25. The summed E-state index contributed by atoms with van der Waals surface area (Å²) in [5.74, 6) is 0.0319. The number of nitrogens with one attached hydrogen (secondary N) is 1. The van der Waals surface area contributed by atoms with Crippen LogP contribution < -0.4 is 5.32 Å². The maximum Gasteiger partial charge on any atom is 0.215 e. The van der Waals surface area contributed by atoms with Gasteiger partial charge >= 0.3 is 0 Å². The van der Waals surface area contributed by atoms with Crippen molar-refractivity contribution in [3.8, 4) is 0 Å². The molecule has 1 atom stereocenters. The maximum atomic E-state index is 10.9. The molecule has 0 aliphatic carbocycles. The van der Waals surface area contributed by atoms with Crippen LogP contribution in [0.2, 0.25) is 0 Å². The third-order valence-corrected chi connectivity index (χ3v) is 2.42. The zero-order valence-corrected chi connectivity index (χ0v) is 8.51. The van der Waals surface area contributed by atoms with Crippen molar-refractivity contribution in [2.75, 3.05) is 7.11 Å². The van der Waals surface area contributed by atoms with Crippen LogP contribution in [0.5, 0.6) is 0 Å². The lowest BCUT2D eigenvalue weighted by Crippen LogP contribution is -2.37. The average Bonchev–Trinajstić information content (AvgIpc) is 2.05. The molecular formula is C8H10BrNO2. The third kappa shape index (κ3) is 1.95. The third-order valence-electron chi connectivity index (χ3n) is 1.61. The van der Waals surface area contributed by atoms with E-state index in [4.69, 9.17) is 4.74 Å². The Labute approximate surface area is 79.6 Å². The van der Waals surface area contributed by atoms with Crippen LogP contribution in [0.25, 0.3) is 0 Å². The van der Waals surface area contributed by atoms with Gasteiger partial charge in [-0.15, -0.1) is 0 Å². The molecule has 0 radical (unpaired) electrons. The van der Waals surface area contributed by atoms with Crippen molar-refractivity contribution in [3.63, 3.8) is 0 Å². The van der Waals surface area contributed by atoms with Gasteiger partial charge in [-0.2, -0.15) is 0 Å². The van der Waals surface area contributed by atoms with Gasteiger partial charge in [-0.1, -0.05) is 0 Å². The van der Waals surface area contributed by atoms with Crippen LogP contribution in [-0.2, 0) is 9.53 Å². The van der Waals surface area contributed by atoms with Crippen molar-refractivity contribution in [2.24, 2.45) is 0 Å². The number of hydrogen-bond donors (Lipinski definition) is 1. The molecule has 4 heteroatoms. The fourth-order valence-corrected chi connectivity index (χ4v) is 1.06. The van der Waals surface area contributed by atoms with E-state index in [1.54, 1.807) is 25.5 Å². The molecule has 0 fully saturated rings. The molecule has 0 bridgehead atoms. The summed E-state index contributed by atoms with van der Waals surface area (Å²) >= 11 is 3.30. The van der Waals surface area contributed by atoms with Crippen LogP contribution in [0.1, 0.15) is 6.92 Å². The highest BCUT2D eigenvalue weighted by atomic mass is 79.9. The van der Waals surface area contributed by atoms with Crippen LogP contribution in [0, 0.1) is 0 Å². The van der Waals surface area contributed by atoms with Gasteiger partial charge in [0.2, 0.25) is 4.63 Å². The Hall–Kier alpha value is -0.610. The molecule has 3 nitrogen and oxygen atoms in total. The number of carbonyl (C=O) groups excluding carboxylic acids is 1. The van der Waals surface area contributed by atoms with Gasteiger partial charge in [0.05, 0.1) is 0 Å². The van der Waals surface area contributed by atoms with E-state index in [2.05, 4.69) is 21.2 Å². The van der Waals surface area contributed by atoms with Crippen molar-refractivity contribution in [1.82, 2.24) is 5.32 Å². The van der Waals surface area contributed by atoms with Gasteiger partial charge in [0.1, 0.15) is 0 Å². The summed E-state index contributed by atoms with van der Waals surface area (Å²) in [4.78, 5) is 10.9. The van der Waals surface area contributed by atoms with Crippen LogP contribution >= 0.6 is 15.9 Å². The van der Waals surface area contributed by atoms with Gasteiger partial charge in [0.25, 0.3) is 0 Å². The van der Waals surface area contributed by atoms with Crippen molar-refractivity contribution < 1.29 is 9.53 Å². The number of ketones is 1. The van der Waals surface area contributed by atoms with Gasteiger partial charge in [-0.05, 0) is 35.0 Å². The van der Waals surface area contributed by atoms with Gasteiger partial charge in [-0.3, -0.25) is 4.79 Å². The molecule has 0 amide bonds. The molecule has 0 aromatic heterocycles. The van der Waals surface area contributed by atoms with E-state index >= 15 is 0 Å². The zero-order chi connectivity index (χ0) is 9.19. The first-order valence-electron chi connectivity index (χ1n) is 3.49. The number of ether oxygens (including phenoxy) is 1. The van der Waals surface area contributed by atoms with Gasteiger partial charge < -0.3 is 10.1 Å². The van der Waals surface area contributed by atoms with Crippen LogP contribution in [-0.4, -0.2) is 17.5 Å². The van der Waals surface area contributed by atoms with Gasteiger partial charge in [0.15, 0.2) is 5.78 Å². The Kier molecular flexibility index (Phi) is 2.69. The summed E-state index contributed by atoms with van der Waals surface area (Å²) in [5, 5.41) is 2.90. The number of allylic oxidation sites excluding steroid dienone is 2. The molecule has 0 aromatic rings. The predicted octanol–water partition coefficient (Wildman–Crippen LogP) is 1.31. The molecule has 0 spiro atoms. The fraction of sp³-hybridized carbons (Fsp3) is 0.375. The van der Waals surface area contributed by atoms with Crippen molar-refractivity contribution in [2.45, 2.75) is 11.6 Å². The molecule has 66 valence electrons. The second kappa shape index (κ2) is 3.41. The van der Waals surface area contributed by atoms with Gasteiger partial charge in [-0.25, -0.2) is 0 Å². The zero-order valence-electron chi connectivity index (χ0n) is 6.93. The molecule has 0 saturated carbocycles. The number of hydrogen-bond acceptors (Lipinski definition) is 3. The van der Waals surface area contributed by atoms with E-state index in [1.165, 1.54) is 6.92 Å². The van der Waals surface area contributed by atoms with Gasteiger partial charge in [0, 0.05) is 18.9 Å². The highest BCUT2D eigenvalue weighted by Gasteiger charge is 2.23. The smallest absolute Gasteiger partial charge is 0.215 e. The molecule has 1 rings (SSSR count). The summed E-state index contributed by atoms with van der Waals surface area (Å²) in [7, 11) is 1.57. The predicted molar refractivity (Wildman–Crippen MR) is 49.7 cm³/mol. The molecule has 1 heterocycles. The SMILES string of the molecule is COC1(Br)C=CC(C(C)=O)=CN1. The molecule has 1 aliphatic heterocycles. The van der Waals surface area contributed by atoms with Crippen LogP contribution in [0.4, 0.5) is 0 Å². The lowest BCUT2D eigenvalue weighted by atomic mass is 10.1. The quantitative estimate of drug-likeness (QED) is 0.576. The molecule has 0 aromatic carbocycles. The first-order chi connectivity index (χ1) is 5.57. The number of Topliss-reactive ketones (excluding diaryl/α,β-unsaturated/α-hetero) is 1. The summed E-state index contributed by atoms with van der Waals surface area (Å²) in [5.41, 5.74) is 0.641. The van der Waals surface area contributed by atoms with E-state index < -0.39 is 4.63 Å². The molecule has 12 heavy (non-hydrogen) atoms. The second-order valence-electron chi connectivity index (χ2n) is 2.48. The number of methoxy groups -OCH3 is 1. The standard InChI is InChI=1S/C8H10BrNO2/c1-6(11)7-3-4-8(9,12-2)10-5-7/h3-5,10H,1-2H3. The molecule has 1 N–H and O–H groups in total. The van der Waals surface area contributed by atoms with E-state index in [1.807, 2.05) is 0 Å². The normalized spacial score (nSPS) is 27.8. The molecular weight excluding hydrogens is 222 g/mol. The number of dihydropyridines is 1. The van der Waals surface area contributed by atoms with E-state index in [-0.39, 0.29) is 5.78 Å². The minimum atomic E-state index is -0.661. The number of carbonyl (C=O) groups is 1. The Morgan fingerprint density at radius 2 is 2.42 bits per heavy atom. The second-order valence-corrected chi connectivity index (χ2v) is 3.66. The summed E-state index contributed by atoms with van der Waals surface area (Å²) in [6.45, 7) is 1.52. The molecule has 1 aliphatic rings. The Morgan fingerprint density at radius 3 is 2.75 bits per heavy atom. The largest absolute Gasteiger partial charge is 0.351 e. The number of rotatable bonds is 2. The summed E-state index contributed by atoms with van der Waals surface area (Å²) in [6, 6.07) is 0. The lowest BCUT2D eigenvalue weighted by molar-refractivity contribution is -0.113. The topological polar surface area (TPSA) is 38.3 Å². The van der Waals surface area contributed by atoms with E-state index in [0.717, 1.165) is 0 Å². The van der Waals surface area contributed by atoms with Crippen LogP contribution in [0.15, 0.2) is 23.9 Å². The Morgan fingerprint density at radius 1 is 1.75 bits per heavy atom. The minimum Gasteiger partial charge on any atom is -0.351 e. The minimum absolute atomic E-state index is 0.0319. The summed E-state index contributed by atoms with van der Waals surface area (Å²) in [6.07, 6.45) is 5.08. The highest BCUT2D eigenvalue weighted by molar-refractivity contribution is 9.10. The van der Waals surface area contributed by atoms with Crippen molar-refractivity contribution in [1.29, 1.82) is 0 Å². The number of halogens is 1. The van der Waals surface area contributed by atoms with E-state index in [9.17, 15) is 4.79 Å². The highest BCUT2D eigenvalue weighted by Crippen LogP contribution is 2.21. The van der Waals surface area contributed by atoms with Crippen molar-refractivity contribution in [3.05, 3.63) is 23.9 Å². The Balaban J connectivity index is 2.74. The van der Waals surface area contributed by atoms with Crippen LogP contribution in [0.3, 0.4) is 0 Å².